The van der Waals surface area contributed by atoms with Crippen molar-refractivity contribution in [3.8, 4) is 11.5 Å². The van der Waals surface area contributed by atoms with Crippen LogP contribution in [0, 0.1) is 11.6 Å². The van der Waals surface area contributed by atoms with Crippen molar-refractivity contribution in [1.82, 2.24) is 24.7 Å². The summed E-state index contributed by atoms with van der Waals surface area (Å²) in [6, 6.07) is 7.32. The van der Waals surface area contributed by atoms with Crippen molar-refractivity contribution < 1.29 is 22.4 Å². The van der Waals surface area contributed by atoms with Gasteiger partial charge < -0.3 is 10.6 Å². The van der Waals surface area contributed by atoms with Gasteiger partial charge >= 0.3 is 0 Å². The molecule has 1 atom stereocenters. The molecule has 12 heteroatoms. The smallest absolute Gasteiger partial charge is 0.283 e. The number of carbonyl (C=O) groups excluding carboxylic acids is 1. The van der Waals surface area contributed by atoms with Crippen molar-refractivity contribution >= 4 is 28.6 Å². The normalized spacial score (nSPS) is 20.2. The van der Waals surface area contributed by atoms with Crippen LogP contribution in [0.1, 0.15) is 18.1 Å². The third-order valence-corrected chi connectivity index (χ3v) is 6.35. The summed E-state index contributed by atoms with van der Waals surface area (Å²) >= 11 is 0. The van der Waals surface area contributed by atoms with Crippen LogP contribution >= 0.6 is 0 Å². The zero-order valence-corrected chi connectivity index (χ0v) is 17.5. The molecule has 2 aliphatic heterocycles. The second-order valence-corrected chi connectivity index (χ2v) is 8.38. The number of fused-ring (bicyclic) bond motifs is 1. The molecule has 1 aromatic carbocycles. The number of hydrogen-bond acceptors (Lipinski definition) is 6. The van der Waals surface area contributed by atoms with E-state index in [0.717, 1.165) is 13.1 Å². The number of pyridine rings is 1. The quantitative estimate of drug-likeness (QED) is 0.446. The van der Waals surface area contributed by atoms with Crippen molar-refractivity contribution in [3.05, 3.63) is 59.3 Å². The minimum Gasteiger partial charge on any atom is -0.364 e. The van der Waals surface area contributed by atoms with E-state index in [0.29, 0.717) is 5.56 Å². The fraction of sp³-hybridized carbons (Fsp3) is 0.227. The van der Waals surface area contributed by atoms with Gasteiger partial charge in [0, 0.05) is 5.56 Å². The lowest BCUT2D eigenvalue weighted by atomic mass is 9.76. The molecular formula is C22H15F4N7O. The van der Waals surface area contributed by atoms with Crippen LogP contribution in [0.25, 0.3) is 22.6 Å². The van der Waals surface area contributed by atoms with E-state index in [1.165, 1.54) is 16.8 Å². The molecule has 6 rings (SSSR count). The second kappa shape index (κ2) is 6.72. The zero-order chi connectivity index (χ0) is 23.8. The van der Waals surface area contributed by atoms with Crippen molar-refractivity contribution in [3.63, 3.8) is 0 Å². The Kier molecular flexibility index (Phi) is 4.05. The van der Waals surface area contributed by atoms with E-state index < -0.39 is 35.4 Å². The lowest BCUT2D eigenvalue weighted by molar-refractivity contribution is -0.135. The Balaban J connectivity index is 1.54. The molecular weight excluding hydrogens is 454 g/mol. The third-order valence-electron chi connectivity index (χ3n) is 6.35. The summed E-state index contributed by atoms with van der Waals surface area (Å²) in [5.41, 5.74) is -1.45. The Morgan fingerprint density at radius 3 is 2.71 bits per heavy atom. The molecule has 34 heavy (non-hydrogen) atoms. The number of rotatable bonds is 3. The fourth-order valence-electron chi connectivity index (χ4n) is 4.42. The molecule has 0 saturated heterocycles. The minimum absolute atomic E-state index is 0.00111. The average molecular weight is 469 g/mol. The van der Waals surface area contributed by atoms with E-state index in [-0.39, 0.29) is 46.3 Å². The second-order valence-electron chi connectivity index (χ2n) is 8.38. The van der Waals surface area contributed by atoms with Gasteiger partial charge in [0.25, 0.3) is 5.92 Å². The molecule has 0 aliphatic carbocycles. The number of anilines is 2. The number of halogens is 4. The van der Waals surface area contributed by atoms with Crippen LogP contribution in [0.2, 0.25) is 0 Å². The lowest BCUT2D eigenvalue weighted by Crippen LogP contribution is -2.54. The molecule has 8 nitrogen and oxygen atoms in total. The summed E-state index contributed by atoms with van der Waals surface area (Å²) in [5, 5.41) is 9.68. The van der Waals surface area contributed by atoms with Crippen molar-refractivity contribution in [2.24, 2.45) is 0 Å². The Labute approximate surface area is 189 Å². The Morgan fingerprint density at radius 2 is 1.91 bits per heavy atom. The van der Waals surface area contributed by atoms with E-state index in [2.05, 4.69) is 30.7 Å². The standard InChI is InChI=1S/C22H15F4N7O/c1-21-14-16(28-9-22(21,25)26)29-18(30-17(14)31-20(21)34)15-12-6-11(23)7-27-19(12)33(32-15)8-10-4-2-3-5-13(10)24/h2-7H,8-9H2,1H3,(H2,28,29,30,31,34). The van der Waals surface area contributed by atoms with Gasteiger partial charge in [-0.05, 0) is 19.1 Å². The molecule has 0 bridgehead atoms. The number of hydrogen-bond donors (Lipinski definition) is 2. The van der Waals surface area contributed by atoms with Gasteiger partial charge in [-0.25, -0.2) is 37.2 Å². The average Bonchev–Trinajstić information content (AvgIpc) is 3.28. The lowest BCUT2D eigenvalue weighted by Gasteiger charge is -2.36. The van der Waals surface area contributed by atoms with Crippen LogP contribution < -0.4 is 10.6 Å². The highest BCUT2D eigenvalue weighted by Crippen LogP contribution is 2.52. The molecule has 0 saturated carbocycles. The maximum atomic E-state index is 14.7. The van der Waals surface area contributed by atoms with Gasteiger partial charge in [0.1, 0.15) is 34.4 Å². The summed E-state index contributed by atoms with van der Waals surface area (Å²) in [6.07, 6.45) is 1.01. The monoisotopic (exact) mass is 469 g/mol. The Bertz CT molecular complexity index is 1520. The highest BCUT2D eigenvalue weighted by molar-refractivity contribution is 6.08. The number of amides is 1. The first-order chi connectivity index (χ1) is 16.2. The van der Waals surface area contributed by atoms with Gasteiger partial charge in [-0.1, -0.05) is 18.2 Å². The van der Waals surface area contributed by atoms with E-state index in [4.69, 9.17) is 0 Å². The first-order valence-electron chi connectivity index (χ1n) is 10.3. The van der Waals surface area contributed by atoms with Crippen molar-refractivity contribution in [1.29, 1.82) is 0 Å². The molecule has 2 N–H and O–H groups in total. The first-order valence-corrected chi connectivity index (χ1v) is 10.3. The van der Waals surface area contributed by atoms with Crippen LogP contribution in [0.4, 0.5) is 29.2 Å². The maximum absolute atomic E-state index is 14.7. The predicted molar refractivity (Wildman–Crippen MR) is 113 cm³/mol. The predicted octanol–water partition coefficient (Wildman–Crippen LogP) is 3.49. The van der Waals surface area contributed by atoms with E-state index >= 15 is 0 Å². The van der Waals surface area contributed by atoms with Gasteiger partial charge in [0.15, 0.2) is 11.5 Å². The van der Waals surface area contributed by atoms with Crippen molar-refractivity contribution in [2.75, 3.05) is 17.2 Å². The Hall–Kier alpha value is -4.09. The molecule has 2 aliphatic rings. The molecule has 5 heterocycles. The number of aromatic nitrogens is 5. The van der Waals surface area contributed by atoms with Gasteiger partial charge in [0.05, 0.1) is 30.2 Å². The van der Waals surface area contributed by atoms with E-state index in [1.807, 2.05) is 0 Å². The molecule has 172 valence electrons. The molecule has 4 aromatic rings. The number of carbonyl (C=O) groups is 1. The number of nitrogens with zero attached hydrogens (tertiary/aromatic N) is 5. The fourth-order valence-corrected chi connectivity index (χ4v) is 4.42. The number of benzene rings is 1. The largest absolute Gasteiger partial charge is 0.364 e. The van der Waals surface area contributed by atoms with E-state index in [9.17, 15) is 22.4 Å². The van der Waals surface area contributed by atoms with Gasteiger partial charge in [0.2, 0.25) is 5.91 Å². The number of alkyl halides is 2. The maximum Gasteiger partial charge on any atom is 0.283 e. The highest BCUT2D eigenvalue weighted by Gasteiger charge is 2.64. The summed E-state index contributed by atoms with van der Waals surface area (Å²) in [7, 11) is 0. The van der Waals surface area contributed by atoms with Crippen LogP contribution in [0.3, 0.4) is 0 Å². The summed E-state index contributed by atoms with van der Waals surface area (Å²) in [6.45, 7) is 0.358. The third kappa shape index (κ3) is 2.68. The van der Waals surface area contributed by atoms with Gasteiger partial charge in [-0.2, -0.15) is 5.10 Å². The summed E-state index contributed by atoms with van der Waals surface area (Å²) in [5.74, 6) is -5.36. The summed E-state index contributed by atoms with van der Waals surface area (Å²) < 4.78 is 59.0. The summed E-state index contributed by atoms with van der Waals surface area (Å²) in [4.78, 5) is 25.3. The molecule has 0 spiro atoms. The minimum atomic E-state index is -3.36. The highest BCUT2D eigenvalue weighted by atomic mass is 19.3. The topological polar surface area (TPSA) is 97.6 Å². The molecule has 1 unspecified atom stereocenters. The SMILES string of the molecule is CC12C(=O)Nc3nc(-c4nn(Cc5ccccc5F)c5ncc(F)cc45)nc(c31)NCC2(F)F. The molecule has 1 amide bonds. The molecule has 0 radical (unpaired) electrons. The van der Waals surface area contributed by atoms with Gasteiger partial charge in [-0.15, -0.1) is 0 Å². The van der Waals surface area contributed by atoms with Crippen LogP contribution in [-0.2, 0) is 16.8 Å². The van der Waals surface area contributed by atoms with E-state index in [1.54, 1.807) is 18.2 Å². The zero-order valence-electron chi connectivity index (χ0n) is 17.5. The molecule has 0 fully saturated rings. The van der Waals surface area contributed by atoms with Crippen LogP contribution in [-0.4, -0.2) is 43.1 Å². The number of nitrogens with one attached hydrogen (secondary N) is 2. The van der Waals surface area contributed by atoms with Crippen molar-refractivity contribution in [2.45, 2.75) is 24.8 Å². The van der Waals surface area contributed by atoms with Crippen LogP contribution in [0.15, 0.2) is 36.5 Å². The van der Waals surface area contributed by atoms with Crippen LogP contribution in [0.5, 0.6) is 0 Å². The molecule has 3 aromatic heterocycles. The Morgan fingerprint density at radius 1 is 1.15 bits per heavy atom. The first kappa shape index (κ1) is 20.5. The van der Waals surface area contributed by atoms with Gasteiger partial charge in [-0.3, -0.25) is 4.79 Å².